The summed E-state index contributed by atoms with van der Waals surface area (Å²) in [6.07, 6.45) is 1.49. The molecule has 0 aromatic heterocycles. The van der Waals surface area contributed by atoms with Gasteiger partial charge in [0.2, 0.25) is 0 Å². The summed E-state index contributed by atoms with van der Waals surface area (Å²) in [5, 5.41) is 12.4. The maximum Gasteiger partial charge on any atom is 0.341 e. The van der Waals surface area contributed by atoms with Crippen LogP contribution in [0.3, 0.4) is 0 Å². The second-order valence-electron chi connectivity index (χ2n) is 4.82. The average Bonchev–Trinajstić information content (AvgIpc) is 2.54. The Labute approximate surface area is 133 Å². The fourth-order valence-corrected chi connectivity index (χ4v) is 1.81. The first-order chi connectivity index (χ1) is 11.0. The van der Waals surface area contributed by atoms with Crippen LogP contribution >= 0.6 is 0 Å². The van der Waals surface area contributed by atoms with Crippen LogP contribution in [0.25, 0.3) is 0 Å². The second-order valence-corrected chi connectivity index (χ2v) is 4.82. The molecule has 0 atom stereocenters. The maximum atomic E-state index is 11.9. The molecule has 23 heavy (non-hydrogen) atoms. The van der Waals surface area contributed by atoms with E-state index >= 15 is 0 Å². The molecule has 6 heteroatoms. The summed E-state index contributed by atoms with van der Waals surface area (Å²) in [7, 11) is 0. The fraction of sp³-hybridized carbons (Fsp3) is 0.118. The van der Waals surface area contributed by atoms with Crippen molar-refractivity contribution in [3.8, 4) is 5.75 Å². The highest BCUT2D eigenvalue weighted by Gasteiger charge is 2.03. The van der Waals surface area contributed by atoms with Gasteiger partial charge in [-0.1, -0.05) is 17.7 Å². The lowest BCUT2D eigenvalue weighted by molar-refractivity contribution is -0.139. The molecule has 0 aliphatic rings. The van der Waals surface area contributed by atoms with Gasteiger partial charge in [0.25, 0.3) is 5.91 Å². The van der Waals surface area contributed by atoms with E-state index in [9.17, 15) is 9.59 Å². The van der Waals surface area contributed by atoms with E-state index < -0.39 is 5.97 Å². The molecule has 6 nitrogen and oxygen atoms in total. The van der Waals surface area contributed by atoms with Crippen molar-refractivity contribution >= 4 is 18.1 Å². The molecular formula is C17H16N2O4. The summed E-state index contributed by atoms with van der Waals surface area (Å²) in [6.45, 7) is 1.52. The number of benzene rings is 2. The van der Waals surface area contributed by atoms with E-state index in [1.165, 1.54) is 6.21 Å². The number of carbonyl (C=O) groups excluding carboxylic acids is 1. The molecule has 2 N–H and O–H groups in total. The number of aryl methyl sites for hydroxylation is 1. The van der Waals surface area contributed by atoms with Gasteiger partial charge in [-0.3, -0.25) is 4.79 Å². The van der Waals surface area contributed by atoms with Gasteiger partial charge >= 0.3 is 5.97 Å². The van der Waals surface area contributed by atoms with Crippen molar-refractivity contribution in [1.29, 1.82) is 0 Å². The summed E-state index contributed by atoms with van der Waals surface area (Å²) in [5.74, 6) is -0.866. The van der Waals surface area contributed by atoms with Crippen molar-refractivity contribution in [1.82, 2.24) is 5.43 Å². The third-order valence-corrected chi connectivity index (χ3v) is 2.90. The molecule has 2 rings (SSSR count). The topological polar surface area (TPSA) is 88.0 Å². The molecular weight excluding hydrogens is 296 g/mol. The first-order valence-corrected chi connectivity index (χ1v) is 6.89. The normalized spacial score (nSPS) is 10.5. The molecule has 2 aromatic carbocycles. The molecule has 0 radical (unpaired) electrons. The summed E-state index contributed by atoms with van der Waals surface area (Å²) in [4.78, 5) is 22.3. The van der Waals surface area contributed by atoms with E-state index in [0.717, 1.165) is 11.1 Å². The number of aliphatic carboxylic acids is 1. The standard InChI is InChI=1S/C17H16N2O4/c1-12-3-2-4-14(9-12)17(22)19-18-10-13-5-7-15(8-6-13)23-11-16(20)21/h2-10H,11H2,1H3,(H,19,22)(H,20,21). The Morgan fingerprint density at radius 1 is 1.22 bits per heavy atom. The van der Waals surface area contributed by atoms with Gasteiger partial charge in [0.15, 0.2) is 6.61 Å². The van der Waals surface area contributed by atoms with Gasteiger partial charge in [-0.15, -0.1) is 0 Å². The predicted octanol–water partition coefficient (Wildman–Crippen LogP) is 2.22. The molecule has 0 aliphatic carbocycles. The first kappa shape index (κ1) is 16.2. The third-order valence-electron chi connectivity index (χ3n) is 2.90. The lowest BCUT2D eigenvalue weighted by Gasteiger charge is -2.03. The minimum absolute atomic E-state index is 0.286. The molecule has 0 heterocycles. The quantitative estimate of drug-likeness (QED) is 0.632. The van der Waals surface area contributed by atoms with Gasteiger partial charge in [-0.05, 0) is 48.9 Å². The van der Waals surface area contributed by atoms with Crippen LogP contribution < -0.4 is 10.2 Å². The van der Waals surface area contributed by atoms with Crippen LogP contribution in [0.15, 0.2) is 53.6 Å². The zero-order valence-corrected chi connectivity index (χ0v) is 12.5. The summed E-state index contributed by atoms with van der Waals surface area (Å²) in [6, 6.07) is 13.9. The van der Waals surface area contributed by atoms with Crippen LogP contribution in [-0.2, 0) is 4.79 Å². The Morgan fingerprint density at radius 2 is 1.96 bits per heavy atom. The average molecular weight is 312 g/mol. The number of carbonyl (C=O) groups is 2. The number of nitrogens with zero attached hydrogens (tertiary/aromatic N) is 1. The Kier molecular flexibility index (Phi) is 5.46. The molecule has 0 fully saturated rings. The van der Waals surface area contributed by atoms with Crippen molar-refractivity contribution < 1.29 is 19.4 Å². The van der Waals surface area contributed by atoms with E-state index in [1.807, 2.05) is 19.1 Å². The number of hydrogen-bond donors (Lipinski definition) is 2. The van der Waals surface area contributed by atoms with Crippen LogP contribution in [0, 0.1) is 6.92 Å². The van der Waals surface area contributed by atoms with Crippen molar-refractivity contribution in [3.05, 3.63) is 65.2 Å². The third kappa shape index (κ3) is 5.28. The molecule has 1 amide bonds. The Hall–Kier alpha value is -3.15. The Morgan fingerprint density at radius 3 is 2.61 bits per heavy atom. The smallest absolute Gasteiger partial charge is 0.341 e. The van der Waals surface area contributed by atoms with E-state index in [1.54, 1.807) is 36.4 Å². The molecule has 0 saturated heterocycles. The molecule has 0 spiro atoms. The molecule has 0 aliphatic heterocycles. The molecule has 0 unspecified atom stereocenters. The van der Waals surface area contributed by atoms with Gasteiger partial charge in [-0.2, -0.15) is 5.10 Å². The first-order valence-electron chi connectivity index (χ1n) is 6.89. The fourth-order valence-electron chi connectivity index (χ4n) is 1.81. The van der Waals surface area contributed by atoms with Crippen molar-refractivity contribution in [2.24, 2.45) is 5.10 Å². The number of carboxylic acids is 1. The van der Waals surface area contributed by atoms with Gasteiger partial charge < -0.3 is 9.84 Å². The van der Waals surface area contributed by atoms with Gasteiger partial charge in [0, 0.05) is 5.56 Å². The zero-order chi connectivity index (χ0) is 16.7. The van der Waals surface area contributed by atoms with Crippen LogP contribution in [0.4, 0.5) is 0 Å². The van der Waals surface area contributed by atoms with Gasteiger partial charge in [0.1, 0.15) is 5.75 Å². The SMILES string of the molecule is Cc1cccc(C(=O)NN=Cc2ccc(OCC(=O)O)cc2)c1. The number of carboxylic acid groups (broad SMARTS) is 1. The van der Waals surface area contributed by atoms with E-state index in [-0.39, 0.29) is 12.5 Å². The van der Waals surface area contributed by atoms with Gasteiger partial charge in [-0.25, -0.2) is 10.2 Å². The summed E-state index contributed by atoms with van der Waals surface area (Å²) >= 11 is 0. The van der Waals surface area contributed by atoms with E-state index in [2.05, 4.69) is 10.5 Å². The minimum atomic E-state index is -1.03. The Balaban J connectivity index is 1.90. The van der Waals surface area contributed by atoms with Crippen molar-refractivity contribution in [2.45, 2.75) is 6.92 Å². The van der Waals surface area contributed by atoms with Crippen molar-refractivity contribution in [3.63, 3.8) is 0 Å². The minimum Gasteiger partial charge on any atom is -0.482 e. The van der Waals surface area contributed by atoms with E-state index in [4.69, 9.17) is 9.84 Å². The van der Waals surface area contributed by atoms with Crippen LogP contribution in [0.1, 0.15) is 21.5 Å². The monoisotopic (exact) mass is 312 g/mol. The molecule has 2 aromatic rings. The van der Waals surface area contributed by atoms with Crippen molar-refractivity contribution in [2.75, 3.05) is 6.61 Å². The number of ether oxygens (including phenoxy) is 1. The zero-order valence-electron chi connectivity index (χ0n) is 12.5. The number of hydrogen-bond acceptors (Lipinski definition) is 4. The Bertz CT molecular complexity index is 724. The highest BCUT2D eigenvalue weighted by molar-refractivity contribution is 5.95. The van der Waals surface area contributed by atoms with E-state index in [0.29, 0.717) is 11.3 Å². The largest absolute Gasteiger partial charge is 0.482 e. The number of nitrogens with one attached hydrogen (secondary N) is 1. The number of amides is 1. The van der Waals surface area contributed by atoms with Crippen LogP contribution in [0.2, 0.25) is 0 Å². The molecule has 0 bridgehead atoms. The number of rotatable bonds is 6. The molecule has 118 valence electrons. The summed E-state index contributed by atoms with van der Waals surface area (Å²) < 4.78 is 5.02. The summed E-state index contributed by atoms with van der Waals surface area (Å²) in [5.41, 5.74) is 4.74. The second kappa shape index (κ2) is 7.74. The maximum absolute atomic E-state index is 11.9. The highest BCUT2D eigenvalue weighted by atomic mass is 16.5. The highest BCUT2D eigenvalue weighted by Crippen LogP contribution is 2.10. The van der Waals surface area contributed by atoms with Gasteiger partial charge in [0.05, 0.1) is 6.21 Å². The molecule has 0 saturated carbocycles. The lowest BCUT2D eigenvalue weighted by Crippen LogP contribution is -2.17. The van der Waals surface area contributed by atoms with Crippen LogP contribution in [0.5, 0.6) is 5.75 Å². The number of hydrazone groups is 1. The lowest BCUT2D eigenvalue weighted by atomic mass is 10.1. The van der Waals surface area contributed by atoms with Crippen LogP contribution in [-0.4, -0.2) is 29.8 Å². The predicted molar refractivity (Wildman–Crippen MR) is 85.8 cm³/mol.